The maximum atomic E-state index is 15.1. The maximum absolute atomic E-state index is 15.1. The number of sulfonamides is 1. The zero-order chi connectivity index (χ0) is 28.2. The van der Waals surface area contributed by atoms with Gasteiger partial charge in [0.2, 0.25) is 10.0 Å². The molecule has 0 radical (unpaired) electrons. The second-order valence-electron chi connectivity index (χ2n) is 10.9. The Balaban J connectivity index is 1.53. The smallest absolute Gasteiger partial charge is 0.211 e. The largest absolute Gasteiger partial charge is 0.381 e. The number of rotatable bonds is 10. The number of hydrogen-bond donors (Lipinski definition) is 2. The van der Waals surface area contributed by atoms with Crippen molar-refractivity contribution in [3.63, 3.8) is 0 Å². The van der Waals surface area contributed by atoms with Gasteiger partial charge in [-0.2, -0.15) is 4.31 Å². The third-order valence-electron chi connectivity index (χ3n) is 8.09. The summed E-state index contributed by atoms with van der Waals surface area (Å²) in [6.45, 7) is 4.19. The van der Waals surface area contributed by atoms with E-state index in [0.717, 1.165) is 18.4 Å². The minimum absolute atomic E-state index is 0.0106. The molecule has 0 saturated carbocycles. The molecular formula is C29H39ClFN3O4S. The summed E-state index contributed by atoms with van der Waals surface area (Å²) in [5.74, 6) is -0.559. The van der Waals surface area contributed by atoms with Gasteiger partial charge in [-0.05, 0) is 73.4 Å². The number of ether oxygens (including phenoxy) is 1. The number of benzene rings is 2. The van der Waals surface area contributed by atoms with Gasteiger partial charge in [0.05, 0.1) is 12.3 Å². The molecular weight excluding hydrogens is 541 g/mol. The Bertz CT molecular complexity index is 1240. The summed E-state index contributed by atoms with van der Waals surface area (Å²) < 4.78 is 47.1. The predicted octanol–water partition coefficient (Wildman–Crippen LogP) is 3.68. The predicted molar refractivity (Wildman–Crippen MR) is 152 cm³/mol. The van der Waals surface area contributed by atoms with E-state index in [-0.39, 0.29) is 36.1 Å². The number of Topliss-reactive ketones (excluding diaryl/α,β-unsaturated/α-hetero) is 1. The third-order valence-corrected chi connectivity index (χ3v) is 9.77. The Morgan fingerprint density at radius 3 is 2.54 bits per heavy atom. The lowest BCUT2D eigenvalue weighted by Crippen LogP contribution is -2.58. The Morgan fingerprint density at radius 1 is 1.18 bits per heavy atom. The van der Waals surface area contributed by atoms with Crippen LogP contribution >= 0.6 is 11.6 Å². The van der Waals surface area contributed by atoms with Crippen LogP contribution in [0, 0.1) is 11.7 Å². The molecule has 0 aliphatic carbocycles. The van der Waals surface area contributed by atoms with E-state index >= 15 is 4.39 Å². The normalized spacial score (nSPS) is 22.9. The van der Waals surface area contributed by atoms with E-state index in [2.05, 4.69) is 5.32 Å². The van der Waals surface area contributed by atoms with Crippen molar-refractivity contribution in [1.82, 2.24) is 9.62 Å². The van der Waals surface area contributed by atoms with E-state index < -0.39 is 21.9 Å². The van der Waals surface area contributed by atoms with Gasteiger partial charge in [0.25, 0.3) is 0 Å². The Labute approximate surface area is 236 Å². The fraction of sp³-hybridized carbons (Fsp3) is 0.552. The molecule has 0 bridgehead atoms. The number of hydrogen-bond acceptors (Lipinski definition) is 6. The van der Waals surface area contributed by atoms with Crippen LogP contribution in [0.4, 0.5) is 4.39 Å². The number of piperazine rings is 1. The van der Waals surface area contributed by atoms with Gasteiger partial charge in [-0.15, -0.1) is 0 Å². The first-order valence-electron chi connectivity index (χ1n) is 13.6. The van der Waals surface area contributed by atoms with E-state index in [4.69, 9.17) is 22.1 Å². The zero-order valence-corrected chi connectivity index (χ0v) is 24.2. The van der Waals surface area contributed by atoms with E-state index in [1.165, 1.54) is 16.6 Å². The van der Waals surface area contributed by atoms with Crippen LogP contribution in [0.15, 0.2) is 42.5 Å². The van der Waals surface area contributed by atoms with E-state index in [1.807, 2.05) is 31.2 Å². The summed E-state index contributed by atoms with van der Waals surface area (Å²) in [5, 5.41) is 3.89. The molecule has 2 aliphatic heterocycles. The van der Waals surface area contributed by atoms with Crippen LogP contribution in [0.1, 0.15) is 48.8 Å². The minimum atomic E-state index is -3.42. The highest BCUT2D eigenvalue weighted by atomic mass is 35.5. The van der Waals surface area contributed by atoms with Gasteiger partial charge in [0.1, 0.15) is 5.82 Å². The lowest BCUT2D eigenvalue weighted by Gasteiger charge is -2.39. The number of halogens is 2. The SMILES string of the molecule is C[C@@H]1CNC[C@H](CCc2c(F)cccc2CC(=O)[C@@H](N)[C@@H](c2ccc(Cl)cc2)C2CCOCC2)N1S(C)(=O)=O. The van der Waals surface area contributed by atoms with E-state index in [0.29, 0.717) is 55.3 Å². The molecule has 10 heteroatoms. The van der Waals surface area contributed by atoms with Crippen molar-refractivity contribution in [3.8, 4) is 0 Å². The number of carbonyl (C=O) groups excluding carboxylic acids is 1. The average molecular weight is 580 g/mol. The number of nitrogens with one attached hydrogen (secondary N) is 1. The molecule has 4 atom stereocenters. The molecule has 2 aromatic carbocycles. The van der Waals surface area contributed by atoms with Crippen molar-refractivity contribution >= 4 is 27.4 Å². The van der Waals surface area contributed by atoms with Gasteiger partial charge in [-0.1, -0.05) is 35.9 Å². The summed E-state index contributed by atoms with van der Waals surface area (Å²) in [4.78, 5) is 13.6. The lowest BCUT2D eigenvalue weighted by molar-refractivity contribution is -0.120. The molecule has 0 unspecified atom stereocenters. The summed E-state index contributed by atoms with van der Waals surface area (Å²) in [7, 11) is -3.42. The molecule has 2 heterocycles. The number of nitrogens with two attached hydrogens (primary N) is 1. The molecule has 2 aliphatic rings. The van der Waals surface area contributed by atoms with Gasteiger partial charge >= 0.3 is 0 Å². The lowest BCUT2D eigenvalue weighted by atomic mass is 9.75. The molecule has 0 aromatic heterocycles. The van der Waals surface area contributed by atoms with Crippen LogP contribution in [0.25, 0.3) is 0 Å². The number of ketones is 1. The standard InChI is InChI=1S/C29H39ClFN3O4S/c1-19-17-33-18-24(34(19)39(2,36)37)10-11-25-22(4-3-5-26(25)31)16-27(35)29(32)28(21-12-14-38-15-13-21)20-6-8-23(30)9-7-20/h3-9,19,21,24,28-29,33H,10-18,32H2,1-2H3/t19-,24+,28+,29-/m1/s1. The molecule has 2 fully saturated rings. The molecule has 2 aromatic rings. The molecule has 0 spiro atoms. The van der Waals surface area contributed by atoms with Crippen molar-refractivity contribution in [1.29, 1.82) is 0 Å². The van der Waals surface area contributed by atoms with Gasteiger partial charge < -0.3 is 15.8 Å². The van der Waals surface area contributed by atoms with Crippen molar-refractivity contribution in [2.45, 2.75) is 63.1 Å². The average Bonchev–Trinajstić information content (AvgIpc) is 2.89. The Kier molecular flexibility index (Phi) is 10.2. The maximum Gasteiger partial charge on any atom is 0.211 e. The minimum Gasteiger partial charge on any atom is -0.381 e. The molecule has 0 amide bonds. The number of nitrogens with zero attached hydrogens (tertiary/aromatic N) is 1. The molecule has 7 nitrogen and oxygen atoms in total. The summed E-state index contributed by atoms with van der Waals surface area (Å²) in [6.07, 6.45) is 3.60. The van der Waals surface area contributed by atoms with Crippen LogP contribution in [0.5, 0.6) is 0 Å². The van der Waals surface area contributed by atoms with Crippen molar-refractivity contribution < 1.29 is 22.3 Å². The topological polar surface area (TPSA) is 102 Å². The van der Waals surface area contributed by atoms with Crippen LogP contribution < -0.4 is 11.1 Å². The number of carbonyl (C=O) groups is 1. The summed E-state index contributed by atoms with van der Waals surface area (Å²) >= 11 is 6.12. The molecule has 2 saturated heterocycles. The van der Waals surface area contributed by atoms with Gasteiger partial charge in [0.15, 0.2) is 5.78 Å². The second-order valence-corrected chi connectivity index (χ2v) is 13.2. The van der Waals surface area contributed by atoms with Crippen molar-refractivity contribution in [3.05, 3.63) is 70.0 Å². The quantitative estimate of drug-likeness (QED) is 0.445. The highest BCUT2D eigenvalue weighted by Crippen LogP contribution is 2.35. The first kappa shape index (κ1) is 30.1. The fourth-order valence-electron chi connectivity index (χ4n) is 6.22. The Hall–Kier alpha value is -1.88. The third kappa shape index (κ3) is 7.45. The monoisotopic (exact) mass is 579 g/mol. The zero-order valence-electron chi connectivity index (χ0n) is 22.6. The van der Waals surface area contributed by atoms with Crippen molar-refractivity contribution in [2.24, 2.45) is 11.7 Å². The molecule has 39 heavy (non-hydrogen) atoms. The summed E-state index contributed by atoms with van der Waals surface area (Å²) in [5.41, 5.74) is 8.68. The van der Waals surface area contributed by atoms with Crippen LogP contribution in [0.3, 0.4) is 0 Å². The molecule has 4 rings (SSSR count). The van der Waals surface area contributed by atoms with Crippen LogP contribution in [0.2, 0.25) is 5.02 Å². The molecule has 3 N–H and O–H groups in total. The highest BCUT2D eigenvalue weighted by molar-refractivity contribution is 7.88. The van der Waals surface area contributed by atoms with Gasteiger partial charge in [0, 0.05) is 55.7 Å². The van der Waals surface area contributed by atoms with E-state index in [9.17, 15) is 13.2 Å². The van der Waals surface area contributed by atoms with E-state index in [1.54, 1.807) is 12.1 Å². The first-order chi connectivity index (χ1) is 18.6. The Morgan fingerprint density at radius 2 is 1.87 bits per heavy atom. The summed E-state index contributed by atoms with van der Waals surface area (Å²) in [6, 6.07) is 11.0. The highest BCUT2D eigenvalue weighted by Gasteiger charge is 2.36. The first-order valence-corrected chi connectivity index (χ1v) is 15.9. The van der Waals surface area contributed by atoms with Crippen LogP contribution in [-0.2, 0) is 32.4 Å². The van der Waals surface area contributed by atoms with Gasteiger partial charge in [-0.3, -0.25) is 4.79 Å². The molecule has 214 valence electrons. The van der Waals surface area contributed by atoms with Gasteiger partial charge in [-0.25, -0.2) is 12.8 Å². The second kappa shape index (κ2) is 13.2. The fourth-order valence-corrected chi connectivity index (χ4v) is 7.80. The van der Waals surface area contributed by atoms with Crippen molar-refractivity contribution in [2.75, 3.05) is 32.6 Å². The van der Waals surface area contributed by atoms with Crippen LogP contribution in [-0.4, -0.2) is 69.2 Å².